The maximum absolute atomic E-state index is 13.3. The lowest BCUT2D eigenvalue weighted by Crippen LogP contribution is -2.22. The van der Waals surface area contributed by atoms with E-state index in [9.17, 15) is 9.18 Å². The number of aromatic nitrogens is 2. The van der Waals surface area contributed by atoms with E-state index in [1.54, 1.807) is 13.0 Å². The predicted molar refractivity (Wildman–Crippen MR) is 74.8 cm³/mol. The van der Waals surface area contributed by atoms with Crippen LogP contribution in [0.4, 0.5) is 4.39 Å². The number of carbonyl (C=O) groups excluding carboxylic acids is 1. The van der Waals surface area contributed by atoms with E-state index >= 15 is 0 Å². The van der Waals surface area contributed by atoms with Gasteiger partial charge >= 0.3 is 5.97 Å². The molecule has 1 saturated carbocycles. The zero-order valence-corrected chi connectivity index (χ0v) is 12.2. The third-order valence-corrected chi connectivity index (χ3v) is 3.82. The molecule has 0 spiro atoms. The Balaban J connectivity index is 1.79. The zero-order chi connectivity index (χ0) is 14.8. The van der Waals surface area contributed by atoms with Crippen LogP contribution in [0.3, 0.4) is 0 Å². The summed E-state index contributed by atoms with van der Waals surface area (Å²) in [6.07, 6.45) is 1.97. The predicted octanol–water partition coefficient (Wildman–Crippen LogP) is 2.07. The van der Waals surface area contributed by atoms with Gasteiger partial charge in [0.2, 0.25) is 0 Å². The number of likely N-dealkylation sites (tertiary alicyclic amines) is 1. The van der Waals surface area contributed by atoms with Crippen molar-refractivity contribution in [3.63, 3.8) is 0 Å². The van der Waals surface area contributed by atoms with Crippen LogP contribution in [-0.2, 0) is 11.3 Å². The molecule has 6 heteroatoms. The Morgan fingerprint density at radius 1 is 1.43 bits per heavy atom. The molecule has 0 unspecified atom stereocenters. The van der Waals surface area contributed by atoms with Crippen molar-refractivity contribution in [2.45, 2.75) is 44.8 Å². The summed E-state index contributed by atoms with van der Waals surface area (Å²) in [6, 6.07) is 1.68. The summed E-state index contributed by atoms with van der Waals surface area (Å²) in [5.74, 6) is 0.685. The van der Waals surface area contributed by atoms with Crippen LogP contribution in [0.5, 0.6) is 0 Å². The molecule has 2 aliphatic rings. The third kappa shape index (κ3) is 3.56. The third-order valence-electron chi connectivity index (χ3n) is 3.82. The lowest BCUT2D eigenvalue weighted by atomic mass is 10.2. The van der Waals surface area contributed by atoms with E-state index in [0.29, 0.717) is 37.7 Å². The topological polar surface area (TPSA) is 55.3 Å². The second-order valence-electron chi connectivity index (χ2n) is 5.72. The number of hydrogen-bond acceptors (Lipinski definition) is 5. The smallest absolute Gasteiger partial charge is 0.357 e. The number of alkyl halides is 1. The van der Waals surface area contributed by atoms with Crippen LogP contribution in [-0.4, -0.2) is 46.7 Å². The van der Waals surface area contributed by atoms with Crippen molar-refractivity contribution in [3.8, 4) is 0 Å². The maximum atomic E-state index is 13.3. The average molecular weight is 293 g/mol. The molecule has 2 heterocycles. The Morgan fingerprint density at radius 2 is 2.24 bits per heavy atom. The summed E-state index contributed by atoms with van der Waals surface area (Å²) >= 11 is 0. The molecule has 1 saturated heterocycles. The number of carbonyl (C=O) groups is 1. The Bertz CT molecular complexity index is 534. The molecule has 1 atom stereocenters. The number of rotatable bonds is 5. The molecule has 5 nitrogen and oxygen atoms in total. The van der Waals surface area contributed by atoms with Gasteiger partial charge in [0.05, 0.1) is 12.3 Å². The molecule has 0 N–H and O–H groups in total. The number of ether oxygens (including phenoxy) is 1. The number of hydrogen-bond donors (Lipinski definition) is 0. The fraction of sp³-hybridized carbons (Fsp3) is 0.667. The molecule has 1 aromatic rings. The molecule has 2 fully saturated rings. The minimum Gasteiger partial charge on any atom is -0.461 e. The van der Waals surface area contributed by atoms with Crippen molar-refractivity contribution in [1.82, 2.24) is 14.9 Å². The monoisotopic (exact) mass is 293 g/mol. The SMILES string of the molecule is CCOC(=O)c1cc(CN2CC[C@H](F)C2)nc(C2CC2)n1. The van der Waals surface area contributed by atoms with Gasteiger partial charge in [-0.3, -0.25) is 4.90 Å². The molecule has 1 aromatic heterocycles. The van der Waals surface area contributed by atoms with Crippen LogP contribution in [0.25, 0.3) is 0 Å². The highest BCUT2D eigenvalue weighted by Crippen LogP contribution is 2.38. The van der Waals surface area contributed by atoms with Gasteiger partial charge in [0.15, 0.2) is 5.69 Å². The Labute approximate surface area is 123 Å². The molecule has 1 aliphatic carbocycles. The number of halogens is 1. The van der Waals surface area contributed by atoms with Gasteiger partial charge in [-0.25, -0.2) is 19.2 Å². The second-order valence-corrected chi connectivity index (χ2v) is 5.72. The van der Waals surface area contributed by atoms with E-state index in [1.807, 2.05) is 4.90 Å². The number of esters is 1. The first-order valence-corrected chi connectivity index (χ1v) is 7.57. The molecule has 0 bridgehead atoms. The quantitative estimate of drug-likeness (QED) is 0.778. The molecule has 3 rings (SSSR count). The van der Waals surface area contributed by atoms with E-state index in [1.165, 1.54) is 0 Å². The molecule has 0 aromatic carbocycles. The standard InChI is InChI=1S/C15H20FN3O2/c1-2-21-15(20)13-7-12(9-19-6-5-11(16)8-19)17-14(18-13)10-3-4-10/h7,10-11H,2-6,8-9H2,1H3/t11-/m0/s1. The van der Waals surface area contributed by atoms with Gasteiger partial charge in [-0.1, -0.05) is 0 Å². The highest BCUT2D eigenvalue weighted by molar-refractivity contribution is 5.87. The van der Waals surface area contributed by atoms with Gasteiger partial charge in [-0.15, -0.1) is 0 Å². The van der Waals surface area contributed by atoms with Crippen molar-refractivity contribution >= 4 is 5.97 Å². The highest BCUT2D eigenvalue weighted by atomic mass is 19.1. The molecular weight excluding hydrogens is 273 g/mol. The summed E-state index contributed by atoms with van der Waals surface area (Å²) in [6.45, 7) is 3.84. The van der Waals surface area contributed by atoms with Crippen molar-refractivity contribution in [2.24, 2.45) is 0 Å². The highest BCUT2D eigenvalue weighted by Gasteiger charge is 2.29. The van der Waals surface area contributed by atoms with E-state index in [-0.39, 0.29) is 0 Å². The minimum atomic E-state index is -0.751. The van der Waals surface area contributed by atoms with E-state index in [0.717, 1.165) is 30.9 Å². The first kappa shape index (κ1) is 14.4. The summed E-state index contributed by atoms with van der Waals surface area (Å²) in [7, 11) is 0. The molecule has 114 valence electrons. The summed E-state index contributed by atoms with van der Waals surface area (Å²) in [4.78, 5) is 22.8. The Morgan fingerprint density at radius 3 is 2.86 bits per heavy atom. The minimum absolute atomic E-state index is 0.319. The molecule has 0 amide bonds. The molecule has 1 aliphatic heterocycles. The van der Waals surface area contributed by atoms with Crippen LogP contribution in [0.2, 0.25) is 0 Å². The van der Waals surface area contributed by atoms with Crippen LogP contribution in [0.15, 0.2) is 6.07 Å². The van der Waals surface area contributed by atoms with Gasteiger partial charge in [-0.05, 0) is 32.3 Å². The Hall–Kier alpha value is -1.56. The lowest BCUT2D eigenvalue weighted by molar-refractivity contribution is 0.0518. The summed E-state index contributed by atoms with van der Waals surface area (Å²) in [5, 5.41) is 0. The first-order valence-electron chi connectivity index (χ1n) is 7.57. The van der Waals surface area contributed by atoms with Gasteiger partial charge in [0.25, 0.3) is 0 Å². The Kier molecular flexibility index (Phi) is 4.14. The average Bonchev–Trinajstić information content (AvgIpc) is 3.23. The van der Waals surface area contributed by atoms with Crippen molar-refractivity contribution in [2.75, 3.05) is 19.7 Å². The van der Waals surface area contributed by atoms with Crippen LogP contribution >= 0.6 is 0 Å². The zero-order valence-electron chi connectivity index (χ0n) is 12.2. The largest absolute Gasteiger partial charge is 0.461 e. The van der Waals surface area contributed by atoms with Crippen LogP contribution in [0.1, 0.15) is 54.1 Å². The van der Waals surface area contributed by atoms with Crippen molar-refractivity contribution < 1.29 is 13.9 Å². The lowest BCUT2D eigenvalue weighted by Gasteiger charge is -2.15. The molecular formula is C15H20FN3O2. The van der Waals surface area contributed by atoms with Crippen LogP contribution in [0, 0.1) is 0 Å². The van der Waals surface area contributed by atoms with Crippen molar-refractivity contribution in [1.29, 1.82) is 0 Å². The van der Waals surface area contributed by atoms with E-state index in [2.05, 4.69) is 9.97 Å². The van der Waals surface area contributed by atoms with Crippen LogP contribution < -0.4 is 0 Å². The summed E-state index contributed by atoms with van der Waals surface area (Å²) in [5.41, 5.74) is 1.10. The molecule has 21 heavy (non-hydrogen) atoms. The normalized spacial score (nSPS) is 22.5. The summed E-state index contributed by atoms with van der Waals surface area (Å²) < 4.78 is 18.3. The van der Waals surface area contributed by atoms with E-state index < -0.39 is 12.1 Å². The fourth-order valence-electron chi connectivity index (χ4n) is 2.59. The maximum Gasteiger partial charge on any atom is 0.357 e. The number of nitrogens with zero attached hydrogens (tertiary/aromatic N) is 3. The van der Waals surface area contributed by atoms with E-state index in [4.69, 9.17) is 4.74 Å². The van der Waals surface area contributed by atoms with Gasteiger partial charge in [0, 0.05) is 25.6 Å². The van der Waals surface area contributed by atoms with Gasteiger partial charge < -0.3 is 4.74 Å². The van der Waals surface area contributed by atoms with Gasteiger partial charge in [0.1, 0.15) is 12.0 Å². The van der Waals surface area contributed by atoms with Crippen molar-refractivity contribution in [3.05, 3.63) is 23.3 Å². The molecule has 0 radical (unpaired) electrons. The van der Waals surface area contributed by atoms with Gasteiger partial charge in [-0.2, -0.15) is 0 Å². The fourth-order valence-corrected chi connectivity index (χ4v) is 2.59. The second kappa shape index (κ2) is 6.05. The first-order chi connectivity index (χ1) is 10.2.